The van der Waals surface area contributed by atoms with Crippen molar-refractivity contribution in [2.75, 3.05) is 6.61 Å². The molecule has 4 atom stereocenters. The van der Waals surface area contributed by atoms with E-state index in [0.717, 1.165) is 12.8 Å². The topological polar surface area (TPSA) is 66.8 Å². The van der Waals surface area contributed by atoms with E-state index in [1.165, 1.54) is 0 Å². The summed E-state index contributed by atoms with van der Waals surface area (Å²) in [5.41, 5.74) is 0.330. The molecule has 1 aliphatic rings. The van der Waals surface area contributed by atoms with Gasteiger partial charge < -0.3 is 14.9 Å². The number of aliphatic hydroxyl groups excluding tert-OH is 2. The molecule has 4 nitrogen and oxygen atoms in total. The van der Waals surface area contributed by atoms with Crippen LogP contribution in [0.4, 0.5) is 0 Å². The Bertz CT molecular complexity index is 473. The Kier molecular flexibility index (Phi) is 5.01. The minimum absolute atomic E-state index is 0.0899. The van der Waals surface area contributed by atoms with Crippen LogP contribution in [0.1, 0.15) is 44.8 Å². The summed E-state index contributed by atoms with van der Waals surface area (Å²) in [6.45, 7) is 4.20. The zero-order valence-corrected chi connectivity index (χ0v) is 12.7. The molecule has 0 heterocycles. The first-order valence-electron chi connectivity index (χ1n) is 7.48. The quantitative estimate of drug-likeness (QED) is 0.837. The third-order valence-corrected chi connectivity index (χ3v) is 4.23. The van der Waals surface area contributed by atoms with Gasteiger partial charge in [0.15, 0.2) is 6.10 Å². The van der Waals surface area contributed by atoms with Gasteiger partial charge in [-0.2, -0.15) is 0 Å². The number of ether oxygens (including phenoxy) is 1. The van der Waals surface area contributed by atoms with Crippen LogP contribution < -0.4 is 0 Å². The van der Waals surface area contributed by atoms with Gasteiger partial charge in [-0.25, -0.2) is 4.79 Å². The molecule has 21 heavy (non-hydrogen) atoms. The highest BCUT2D eigenvalue weighted by molar-refractivity contribution is 5.76. The zero-order chi connectivity index (χ0) is 15.5. The largest absolute Gasteiger partial charge is 0.460 e. The molecule has 0 radical (unpaired) electrons. The van der Waals surface area contributed by atoms with E-state index in [1.807, 2.05) is 13.0 Å². The van der Waals surface area contributed by atoms with Crippen molar-refractivity contribution in [3.63, 3.8) is 0 Å². The van der Waals surface area contributed by atoms with Gasteiger partial charge in [0, 0.05) is 6.61 Å². The van der Waals surface area contributed by atoms with Crippen LogP contribution in [0.5, 0.6) is 0 Å². The maximum atomic E-state index is 12.1. The van der Waals surface area contributed by atoms with Gasteiger partial charge in [-0.15, -0.1) is 0 Å². The van der Waals surface area contributed by atoms with Gasteiger partial charge >= 0.3 is 5.97 Å². The minimum Gasteiger partial charge on any atom is -0.460 e. The molecule has 1 aliphatic carbocycles. The average molecular weight is 292 g/mol. The predicted octanol–water partition coefficient (Wildman–Crippen LogP) is 2.45. The molecule has 0 aromatic heterocycles. The van der Waals surface area contributed by atoms with Crippen LogP contribution in [0, 0.1) is 11.3 Å². The van der Waals surface area contributed by atoms with Gasteiger partial charge in [0.1, 0.15) is 6.10 Å². The molecule has 0 spiro atoms. The maximum absolute atomic E-state index is 12.1. The lowest BCUT2D eigenvalue weighted by molar-refractivity contribution is -0.164. The second-order valence-electron chi connectivity index (χ2n) is 6.59. The van der Waals surface area contributed by atoms with E-state index < -0.39 is 12.1 Å². The van der Waals surface area contributed by atoms with E-state index in [2.05, 4.69) is 6.92 Å². The second-order valence-corrected chi connectivity index (χ2v) is 6.59. The van der Waals surface area contributed by atoms with E-state index >= 15 is 0 Å². The van der Waals surface area contributed by atoms with Crippen LogP contribution in [0.3, 0.4) is 0 Å². The standard InChI is InChI=1S/C17H24O4/c1-12-8-14(10-17(2,9-12)11-18)21-16(20)15(19)13-6-4-3-5-7-13/h3-7,12,14-15,18-19H,8-11H2,1-2H3. The Morgan fingerprint density at radius 1 is 1.38 bits per heavy atom. The van der Waals surface area contributed by atoms with Crippen LogP contribution in [-0.2, 0) is 9.53 Å². The highest BCUT2D eigenvalue weighted by Gasteiger charge is 2.37. The van der Waals surface area contributed by atoms with E-state index in [0.29, 0.717) is 17.9 Å². The van der Waals surface area contributed by atoms with Gasteiger partial charge in [-0.3, -0.25) is 0 Å². The summed E-state index contributed by atoms with van der Waals surface area (Å²) in [6, 6.07) is 8.78. The smallest absolute Gasteiger partial charge is 0.339 e. The Labute approximate surface area is 125 Å². The lowest BCUT2D eigenvalue weighted by Crippen LogP contribution is -2.38. The molecule has 0 amide bonds. The minimum atomic E-state index is -1.25. The van der Waals surface area contributed by atoms with Crippen molar-refractivity contribution in [2.24, 2.45) is 11.3 Å². The van der Waals surface area contributed by atoms with Crippen LogP contribution in [0.15, 0.2) is 30.3 Å². The molecule has 0 saturated heterocycles. The van der Waals surface area contributed by atoms with Crippen LogP contribution in [0.25, 0.3) is 0 Å². The molecule has 2 N–H and O–H groups in total. The summed E-state index contributed by atoms with van der Waals surface area (Å²) >= 11 is 0. The molecule has 0 bridgehead atoms. The molecular weight excluding hydrogens is 268 g/mol. The average Bonchev–Trinajstić information content (AvgIpc) is 2.46. The highest BCUT2D eigenvalue weighted by Crippen LogP contribution is 2.40. The number of hydrogen-bond acceptors (Lipinski definition) is 4. The van der Waals surface area contributed by atoms with E-state index in [-0.39, 0.29) is 18.1 Å². The fourth-order valence-electron chi connectivity index (χ4n) is 3.31. The predicted molar refractivity (Wildman–Crippen MR) is 79.5 cm³/mol. The zero-order valence-electron chi connectivity index (χ0n) is 12.7. The highest BCUT2D eigenvalue weighted by atomic mass is 16.6. The Morgan fingerprint density at radius 3 is 2.67 bits per heavy atom. The third-order valence-electron chi connectivity index (χ3n) is 4.23. The van der Waals surface area contributed by atoms with Gasteiger partial charge in [-0.05, 0) is 36.2 Å². The summed E-state index contributed by atoms with van der Waals surface area (Å²) in [6.07, 6.45) is 0.864. The summed E-state index contributed by atoms with van der Waals surface area (Å²) in [5.74, 6) is -0.219. The van der Waals surface area contributed by atoms with E-state index in [4.69, 9.17) is 4.74 Å². The van der Waals surface area contributed by atoms with Crippen LogP contribution in [0.2, 0.25) is 0 Å². The normalized spacial score (nSPS) is 30.7. The van der Waals surface area contributed by atoms with Gasteiger partial charge in [0.25, 0.3) is 0 Å². The molecule has 1 saturated carbocycles. The first kappa shape index (κ1) is 16.0. The van der Waals surface area contributed by atoms with Gasteiger partial charge in [0.2, 0.25) is 0 Å². The van der Waals surface area contributed by atoms with Crippen molar-refractivity contribution in [3.8, 4) is 0 Å². The van der Waals surface area contributed by atoms with Crippen molar-refractivity contribution in [1.29, 1.82) is 0 Å². The number of hydrogen-bond donors (Lipinski definition) is 2. The van der Waals surface area contributed by atoms with E-state index in [1.54, 1.807) is 24.3 Å². The maximum Gasteiger partial charge on any atom is 0.339 e. The van der Waals surface area contributed by atoms with E-state index in [9.17, 15) is 15.0 Å². The Hall–Kier alpha value is -1.39. The molecule has 4 heteroatoms. The van der Waals surface area contributed by atoms with Crippen LogP contribution >= 0.6 is 0 Å². The van der Waals surface area contributed by atoms with Crippen molar-refractivity contribution >= 4 is 5.97 Å². The fraction of sp³-hybridized carbons (Fsp3) is 0.588. The molecule has 0 aliphatic heterocycles. The number of esters is 1. The molecule has 2 rings (SSSR count). The molecule has 1 aromatic rings. The molecule has 1 aromatic carbocycles. The summed E-state index contributed by atoms with van der Waals surface area (Å²) in [7, 11) is 0. The lowest BCUT2D eigenvalue weighted by atomic mass is 9.70. The first-order chi connectivity index (χ1) is 9.93. The SMILES string of the molecule is CC1CC(OC(=O)C(O)c2ccccc2)CC(C)(CO)C1. The number of rotatable bonds is 4. The van der Waals surface area contributed by atoms with Crippen molar-refractivity contribution in [2.45, 2.75) is 45.3 Å². The number of benzene rings is 1. The Balaban J connectivity index is 1.99. The van der Waals surface area contributed by atoms with Crippen molar-refractivity contribution in [3.05, 3.63) is 35.9 Å². The lowest BCUT2D eigenvalue weighted by Gasteiger charge is -2.39. The molecular formula is C17H24O4. The van der Waals surface area contributed by atoms with Gasteiger partial charge in [-0.1, -0.05) is 44.2 Å². The van der Waals surface area contributed by atoms with Crippen LogP contribution in [-0.4, -0.2) is 28.9 Å². The third kappa shape index (κ3) is 4.05. The monoisotopic (exact) mass is 292 g/mol. The van der Waals surface area contributed by atoms with Crippen molar-refractivity contribution < 1.29 is 19.7 Å². The second kappa shape index (κ2) is 6.58. The summed E-state index contributed by atoms with van der Waals surface area (Å²) < 4.78 is 5.48. The first-order valence-corrected chi connectivity index (χ1v) is 7.48. The summed E-state index contributed by atoms with van der Waals surface area (Å²) in [5, 5.41) is 19.6. The molecule has 116 valence electrons. The van der Waals surface area contributed by atoms with Gasteiger partial charge in [0.05, 0.1) is 0 Å². The molecule has 1 fully saturated rings. The summed E-state index contributed by atoms with van der Waals surface area (Å²) in [4.78, 5) is 12.1. The fourth-order valence-corrected chi connectivity index (χ4v) is 3.31. The Morgan fingerprint density at radius 2 is 2.05 bits per heavy atom. The molecule has 4 unspecified atom stereocenters. The number of aliphatic hydroxyl groups is 2. The van der Waals surface area contributed by atoms with Crippen molar-refractivity contribution in [1.82, 2.24) is 0 Å². The number of carbonyl (C=O) groups is 1. The number of carbonyl (C=O) groups excluding carboxylic acids is 1.